The van der Waals surface area contributed by atoms with Gasteiger partial charge in [0.15, 0.2) is 0 Å². The molecule has 1 aromatic heterocycles. The third-order valence-corrected chi connectivity index (χ3v) is 4.18. The highest BCUT2D eigenvalue weighted by Crippen LogP contribution is 2.27. The van der Waals surface area contributed by atoms with E-state index < -0.39 is 0 Å². The quantitative estimate of drug-likeness (QED) is 0.852. The number of carbonyl (C=O) groups excluding carboxylic acids is 1. The summed E-state index contributed by atoms with van der Waals surface area (Å²) in [6.45, 7) is 4.30. The minimum Gasteiger partial charge on any atom is -0.354 e. The van der Waals surface area contributed by atoms with Gasteiger partial charge in [-0.05, 0) is 42.9 Å². The van der Waals surface area contributed by atoms with Crippen molar-refractivity contribution in [3.63, 3.8) is 0 Å². The Morgan fingerprint density at radius 2 is 1.87 bits per heavy atom. The van der Waals surface area contributed by atoms with Gasteiger partial charge in [0.25, 0.3) is 5.91 Å². The predicted octanol–water partition coefficient (Wildman–Crippen LogP) is 3.84. The van der Waals surface area contributed by atoms with Crippen LogP contribution in [0.1, 0.15) is 48.2 Å². The zero-order chi connectivity index (χ0) is 16.2. The Kier molecular flexibility index (Phi) is 4.60. The minimum absolute atomic E-state index is 0.0388. The van der Waals surface area contributed by atoms with Crippen molar-refractivity contribution < 1.29 is 4.79 Å². The number of anilines is 2. The van der Waals surface area contributed by atoms with Crippen LogP contribution in [0.25, 0.3) is 0 Å². The van der Waals surface area contributed by atoms with E-state index in [9.17, 15) is 4.79 Å². The SMILES string of the molecule is CCc1cccc(CC)c1Nc1cncc(C(=O)NC2CC2)c1. The van der Waals surface area contributed by atoms with Crippen molar-refractivity contribution >= 4 is 17.3 Å². The Morgan fingerprint density at radius 1 is 1.17 bits per heavy atom. The number of hydrogen-bond donors (Lipinski definition) is 2. The van der Waals surface area contributed by atoms with Gasteiger partial charge in [-0.25, -0.2) is 0 Å². The summed E-state index contributed by atoms with van der Waals surface area (Å²) in [6.07, 6.45) is 7.48. The summed E-state index contributed by atoms with van der Waals surface area (Å²) in [6, 6.07) is 8.60. The lowest BCUT2D eigenvalue weighted by Gasteiger charge is -2.15. The number of para-hydroxylation sites is 1. The van der Waals surface area contributed by atoms with Crippen LogP contribution in [0, 0.1) is 0 Å². The number of rotatable bonds is 6. The highest BCUT2D eigenvalue weighted by atomic mass is 16.1. The normalized spacial score (nSPS) is 13.7. The summed E-state index contributed by atoms with van der Waals surface area (Å²) in [4.78, 5) is 16.4. The van der Waals surface area contributed by atoms with E-state index in [1.165, 1.54) is 11.1 Å². The van der Waals surface area contributed by atoms with Gasteiger partial charge in [0.1, 0.15) is 0 Å². The second-order valence-electron chi connectivity index (χ2n) is 5.99. The summed E-state index contributed by atoms with van der Waals surface area (Å²) < 4.78 is 0. The molecule has 0 atom stereocenters. The smallest absolute Gasteiger partial charge is 0.253 e. The average Bonchev–Trinajstić information content (AvgIpc) is 3.39. The Hall–Kier alpha value is -2.36. The Labute approximate surface area is 137 Å². The van der Waals surface area contributed by atoms with Crippen molar-refractivity contribution in [1.82, 2.24) is 10.3 Å². The first-order valence-corrected chi connectivity index (χ1v) is 8.35. The molecule has 1 aliphatic rings. The van der Waals surface area contributed by atoms with E-state index in [2.05, 4.69) is 47.7 Å². The van der Waals surface area contributed by atoms with Gasteiger partial charge in [0, 0.05) is 17.9 Å². The molecule has 120 valence electrons. The fraction of sp³-hybridized carbons (Fsp3) is 0.368. The Balaban J connectivity index is 1.84. The first-order valence-electron chi connectivity index (χ1n) is 8.35. The van der Waals surface area contributed by atoms with E-state index in [4.69, 9.17) is 0 Å². The van der Waals surface area contributed by atoms with E-state index in [1.54, 1.807) is 12.4 Å². The first-order chi connectivity index (χ1) is 11.2. The predicted molar refractivity (Wildman–Crippen MR) is 93.2 cm³/mol. The minimum atomic E-state index is -0.0388. The summed E-state index contributed by atoms with van der Waals surface area (Å²) in [5.41, 5.74) is 5.14. The largest absolute Gasteiger partial charge is 0.354 e. The highest BCUT2D eigenvalue weighted by molar-refractivity contribution is 5.95. The van der Waals surface area contributed by atoms with Gasteiger partial charge in [-0.1, -0.05) is 32.0 Å². The molecule has 4 heteroatoms. The molecule has 1 aromatic carbocycles. The molecule has 1 heterocycles. The highest BCUT2D eigenvalue weighted by Gasteiger charge is 2.24. The van der Waals surface area contributed by atoms with Crippen molar-refractivity contribution in [2.24, 2.45) is 0 Å². The monoisotopic (exact) mass is 309 g/mol. The number of nitrogens with zero attached hydrogens (tertiary/aromatic N) is 1. The molecule has 1 saturated carbocycles. The molecule has 0 spiro atoms. The van der Waals surface area contributed by atoms with E-state index in [-0.39, 0.29) is 5.91 Å². The van der Waals surface area contributed by atoms with Gasteiger partial charge in [0.05, 0.1) is 17.4 Å². The number of aryl methyl sites for hydroxylation is 2. The van der Waals surface area contributed by atoms with Crippen LogP contribution in [0.15, 0.2) is 36.7 Å². The molecule has 0 radical (unpaired) electrons. The maximum atomic E-state index is 12.2. The first kappa shape index (κ1) is 15.5. The van der Waals surface area contributed by atoms with Crippen LogP contribution >= 0.6 is 0 Å². The van der Waals surface area contributed by atoms with Crippen LogP contribution in [0.5, 0.6) is 0 Å². The van der Waals surface area contributed by atoms with Crippen molar-refractivity contribution in [1.29, 1.82) is 0 Å². The fourth-order valence-corrected chi connectivity index (χ4v) is 2.68. The second-order valence-corrected chi connectivity index (χ2v) is 5.99. The number of hydrogen-bond acceptors (Lipinski definition) is 3. The topological polar surface area (TPSA) is 54.0 Å². The summed E-state index contributed by atoms with van der Waals surface area (Å²) >= 11 is 0. The van der Waals surface area contributed by atoms with Gasteiger partial charge in [-0.3, -0.25) is 9.78 Å². The Bertz CT molecular complexity index is 685. The molecule has 1 fully saturated rings. The number of aromatic nitrogens is 1. The summed E-state index contributed by atoms with van der Waals surface area (Å²) in [7, 11) is 0. The molecular weight excluding hydrogens is 286 g/mol. The lowest BCUT2D eigenvalue weighted by atomic mass is 10.0. The van der Waals surface area contributed by atoms with Crippen LogP contribution in [0.2, 0.25) is 0 Å². The number of benzene rings is 1. The molecule has 3 rings (SSSR count). The van der Waals surface area contributed by atoms with E-state index >= 15 is 0 Å². The number of pyridine rings is 1. The molecule has 0 unspecified atom stereocenters. The summed E-state index contributed by atoms with van der Waals surface area (Å²) in [5, 5.41) is 6.46. The fourth-order valence-electron chi connectivity index (χ4n) is 2.68. The zero-order valence-corrected chi connectivity index (χ0v) is 13.7. The van der Waals surface area contributed by atoms with Crippen molar-refractivity contribution in [3.05, 3.63) is 53.3 Å². The van der Waals surface area contributed by atoms with E-state index in [1.807, 2.05) is 6.07 Å². The van der Waals surface area contributed by atoms with Crippen molar-refractivity contribution in [3.8, 4) is 0 Å². The zero-order valence-electron chi connectivity index (χ0n) is 13.7. The van der Waals surface area contributed by atoms with Gasteiger partial charge in [-0.2, -0.15) is 0 Å². The van der Waals surface area contributed by atoms with E-state index in [0.29, 0.717) is 11.6 Å². The maximum absolute atomic E-state index is 12.2. The van der Waals surface area contributed by atoms with E-state index in [0.717, 1.165) is 37.1 Å². The molecule has 1 aliphatic carbocycles. The van der Waals surface area contributed by atoms with Gasteiger partial charge in [-0.15, -0.1) is 0 Å². The molecule has 0 bridgehead atoms. The third kappa shape index (κ3) is 3.70. The number of amides is 1. The standard InChI is InChI=1S/C19H23N3O/c1-3-13-6-5-7-14(4-2)18(13)21-17-10-15(11-20-12-17)19(23)22-16-8-9-16/h5-7,10-12,16,21H,3-4,8-9H2,1-2H3,(H,22,23). The van der Waals surface area contributed by atoms with Crippen LogP contribution < -0.4 is 10.6 Å². The van der Waals surface area contributed by atoms with Gasteiger partial charge >= 0.3 is 0 Å². The summed E-state index contributed by atoms with van der Waals surface area (Å²) in [5.74, 6) is -0.0388. The second kappa shape index (κ2) is 6.82. The molecule has 1 amide bonds. The third-order valence-electron chi connectivity index (χ3n) is 4.18. The molecular formula is C19H23N3O. The van der Waals surface area contributed by atoms with Crippen molar-refractivity contribution in [2.45, 2.75) is 45.6 Å². The van der Waals surface area contributed by atoms with Crippen LogP contribution in [0.3, 0.4) is 0 Å². The lowest BCUT2D eigenvalue weighted by Crippen LogP contribution is -2.25. The average molecular weight is 309 g/mol. The molecule has 0 aliphatic heterocycles. The van der Waals surface area contributed by atoms with Crippen LogP contribution in [0.4, 0.5) is 11.4 Å². The molecule has 2 aromatic rings. The van der Waals surface area contributed by atoms with Crippen LogP contribution in [-0.4, -0.2) is 16.9 Å². The number of carbonyl (C=O) groups is 1. The van der Waals surface area contributed by atoms with Gasteiger partial charge < -0.3 is 10.6 Å². The van der Waals surface area contributed by atoms with Crippen molar-refractivity contribution in [2.75, 3.05) is 5.32 Å². The lowest BCUT2D eigenvalue weighted by molar-refractivity contribution is 0.0951. The molecule has 23 heavy (non-hydrogen) atoms. The Morgan fingerprint density at radius 3 is 2.48 bits per heavy atom. The maximum Gasteiger partial charge on any atom is 0.253 e. The molecule has 4 nitrogen and oxygen atoms in total. The van der Waals surface area contributed by atoms with Gasteiger partial charge in [0.2, 0.25) is 0 Å². The molecule has 2 N–H and O–H groups in total. The van der Waals surface area contributed by atoms with Crippen LogP contribution in [-0.2, 0) is 12.8 Å². The number of nitrogens with one attached hydrogen (secondary N) is 2. The molecule has 0 saturated heterocycles.